The summed E-state index contributed by atoms with van der Waals surface area (Å²) in [6.45, 7) is 1.82. The number of piperidine rings is 1. The molecule has 3 atom stereocenters. The molecule has 1 heterocycles. The minimum absolute atomic E-state index is 0.403. The van der Waals surface area contributed by atoms with Gasteiger partial charge in [0, 0.05) is 26.7 Å². The molecule has 3 N–H and O–H groups in total. The Labute approximate surface area is 108 Å². The molecular formula is C13H25NO4. The van der Waals surface area contributed by atoms with Gasteiger partial charge in [-0.3, -0.25) is 4.90 Å². The second kappa shape index (κ2) is 6.30. The maximum absolute atomic E-state index is 9.66. The van der Waals surface area contributed by atoms with Crippen LogP contribution in [0.2, 0.25) is 0 Å². The van der Waals surface area contributed by atoms with E-state index in [1.807, 2.05) is 0 Å². The standard InChI is InChI=1S/C13H25NO4/c1-18-10-4-2-9(3-5-10)6-14-7-11(15)13(17)12(16)8-14/h9-13,15-17H,2-8H2,1H3/t9-,10+,11-,12+,13+. The van der Waals surface area contributed by atoms with E-state index in [1.165, 1.54) is 0 Å². The summed E-state index contributed by atoms with van der Waals surface area (Å²) in [5, 5.41) is 28.8. The SMILES string of the molecule is CO[C@H]1CC[C@@H](CN2C[C@@H](O)[C@H](O)[C@@H](O)C2)CC1. The van der Waals surface area contributed by atoms with Gasteiger partial charge in [-0.05, 0) is 31.6 Å². The third kappa shape index (κ3) is 3.42. The first kappa shape index (κ1) is 14.2. The number of likely N-dealkylation sites (tertiary alicyclic amines) is 1. The molecule has 0 bridgehead atoms. The number of aliphatic hydroxyl groups is 3. The highest BCUT2D eigenvalue weighted by molar-refractivity contribution is 4.87. The Bertz CT molecular complexity index is 243. The number of rotatable bonds is 3. The summed E-state index contributed by atoms with van der Waals surface area (Å²) in [4.78, 5) is 2.07. The minimum atomic E-state index is -0.995. The van der Waals surface area contributed by atoms with Crippen molar-refractivity contribution in [1.82, 2.24) is 4.90 Å². The maximum Gasteiger partial charge on any atom is 0.108 e. The molecule has 0 aromatic rings. The van der Waals surface area contributed by atoms with Crippen LogP contribution in [0, 0.1) is 5.92 Å². The van der Waals surface area contributed by atoms with E-state index >= 15 is 0 Å². The Balaban J connectivity index is 1.77. The smallest absolute Gasteiger partial charge is 0.108 e. The van der Waals surface area contributed by atoms with Crippen molar-refractivity contribution in [2.24, 2.45) is 5.92 Å². The monoisotopic (exact) mass is 259 g/mol. The van der Waals surface area contributed by atoms with E-state index in [1.54, 1.807) is 7.11 Å². The fourth-order valence-electron chi connectivity index (χ4n) is 3.14. The van der Waals surface area contributed by atoms with Crippen LogP contribution in [-0.4, -0.2) is 71.4 Å². The van der Waals surface area contributed by atoms with Gasteiger partial charge < -0.3 is 20.1 Å². The van der Waals surface area contributed by atoms with Gasteiger partial charge in [-0.2, -0.15) is 0 Å². The molecular weight excluding hydrogens is 234 g/mol. The minimum Gasteiger partial charge on any atom is -0.389 e. The Morgan fingerprint density at radius 2 is 1.56 bits per heavy atom. The van der Waals surface area contributed by atoms with Gasteiger partial charge in [0.1, 0.15) is 6.10 Å². The van der Waals surface area contributed by atoms with E-state index in [4.69, 9.17) is 4.74 Å². The molecule has 1 saturated carbocycles. The Morgan fingerprint density at radius 1 is 1.00 bits per heavy atom. The first-order valence-electron chi connectivity index (χ1n) is 6.89. The van der Waals surface area contributed by atoms with Crippen LogP contribution in [0.1, 0.15) is 25.7 Å². The molecule has 0 amide bonds. The summed E-state index contributed by atoms with van der Waals surface area (Å²) in [6.07, 6.45) is 2.23. The molecule has 2 rings (SSSR count). The van der Waals surface area contributed by atoms with Crippen molar-refractivity contribution in [3.05, 3.63) is 0 Å². The highest BCUT2D eigenvalue weighted by Crippen LogP contribution is 2.27. The predicted octanol–water partition coefficient (Wildman–Crippen LogP) is -0.410. The van der Waals surface area contributed by atoms with E-state index < -0.39 is 18.3 Å². The lowest BCUT2D eigenvalue weighted by molar-refractivity contribution is -0.113. The zero-order valence-electron chi connectivity index (χ0n) is 11.0. The number of β-amino-alcohol motifs (C(OH)–C–C–N with tert-alkyl or cyclic N) is 2. The third-order valence-electron chi connectivity index (χ3n) is 4.32. The maximum atomic E-state index is 9.66. The zero-order chi connectivity index (χ0) is 13.1. The highest BCUT2D eigenvalue weighted by Gasteiger charge is 2.34. The number of hydrogen-bond acceptors (Lipinski definition) is 5. The molecule has 106 valence electrons. The molecule has 0 unspecified atom stereocenters. The average Bonchev–Trinajstić information content (AvgIpc) is 2.37. The molecule has 1 aliphatic heterocycles. The molecule has 1 aliphatic carbocycles. The number of ether oxygens (including phenoxy) is 1. The summed E-state index contributed by atoms with van der Waals surface area (Å²) in [7, 11) is 1.77. The van der Waals surface area contributed by atoms with Gasteiger partial charge >= 0.3 is 0 Å². The fraction of sp³-hybridized carbons (Fsp3) is 1.00. The summed E-state index contributed by atoms with van der Waals surface area (Å²) in [5.41, 5.74) is 0. The first-order chi connectivity index (χ1) is 8.60. The van der Waals surface area contributed by atoms with Crippen LogP contribution >= 0.6 is 0 Å². The number of hydrogen-bond donors (Lipinski definition) is 3. The molecule has 2 fully saturated rings. The normalized spacial score (nSPS) is 43.0. The lowest BCUT2D eigenvalue weighted by Crippen LogP contribution is -2.56. The topological polar surface area (TPSA) is 73.2 Å². The van der Waals surface area contributed by atoms with Crippen LogP contribution in [-0.2, 0) is 4.74 Å². The lowest BCUT2D eigenvalue weighted by Gasteiger charge is -2.39. The van der Waals surface area contributed by atoms with E-state index in [9.17, 15) is 15.3 Å². The molecule has 0 spiro atoms. The van der Waals surface area contributed by atoms with E-state index in [0.29, 0.717) is 25.1 Å². The van der Waals surface area contributed by atoms with Gasteiger partial charge in [0.25, 0.3) is 0 Å². The van der Waals surface area contributed by atoms with Crippen LogP contribution in [0.4, 0.5) is 0 Å². The summed E-state index contributed by atoms with van der Waals surface area (Å²) < 4.78 is 5.35. The van der Waals surface area contributed by atoms with Crippen molar-refractivity contribution < 1.29 is 20.1 Å². The molecule has 18 heavy (non-hydrogen) atoms. The van der Waals surface area contributed by atoms with Gasteiger partial charge in [-0.1, -0.05) is 0 Å². The predicted molar refractivity (Wildman–Crippen MR) is 67.2 cm³/mol. The van der Waals surface area contributed by atoms with Crippen LogP contribution in [0.3, 0.4) is 0 Å². The Hall–Kier alpha value is -0.200. The average molecular weight is 259 g/mol. The zero-order valence-corrected chi connectivity index (χ0v) is 11.0. The largest absolute Gasteiger partial charge is 0.389 e. The van der Waals surface area contributed by atoms with Gasteiger partial charge in [0.15, 0.2) is 0 Å². The second-order valence-electron chi connectivity index (χ2n) is 5.72. The van der Waals surface area contributed by atoms with Gasteiger partial charge in [-0.25, -0.2) is 0 Å². The highest BCUT2D eigenvalue weighted by atomic mass is 16.5. The molecule has 0 radical (unpaired) electrons. The van der Waals surface area contributed by atoms with Crippen LogP contribution in [0.25, 0.3) is 0 Å². The molecule has 0 aromatic carbocycles. The molecule has 0 aromatic heterocycles. The second-order valence-corrected chi connectivity index (χ2v) is 5.72. The fourth-order valence-corrected chi connectivity index (χ4v) is 3.14. The lowest BCUT2D eigenvalue weighted by atomic mass is 9.86. The summed E-state index contributed by atoms with van der Waals surface area (Å²) >= 11 is 0. The first-order valence-corrected chi connectivity index (χ1v) is 6.89. The number of nitrogens with zero attached hydrogens (tertiary/aromatic N) is 1. The Kier molecular flexibility index (Phi) is 4.98. The van der Waals surface area contributed by atoms with Crippen LogP contribution in [0.15, 0.2) is 0 Å². The molecule has 1 saturated heterocycles. The van der Waals surface area contributed by atoms with Gasteiger partial charge in [0.2, 0.25) is 0 Å². The van der Waals surface area contributed by atoms with Crippen molar-refractivity contribution in [1.29, 1.82) is 0 Å². The van der Waals surface area contributed by atoms with E-state index in [2.05, 4.69) is 4.90 Å². The van der Waals surface area contributed by atoms with Gasteiger partial charge in [-0.15, -0.1) is 0 Å². The molecule has 2 aliphatic rings. The van der Waals surface area contributed by atoms with Gasteiger partial charge in [0.05, 0.1) is 18.3 Å². The molecule has 5 heteroatoms. The number of aliphatic hydroxyl groups excluding tert-OH is 3. The summed E-state index contributed by atoms with van der Waals surface area (Å²) in [5.74, 6) is 0.617. The van der Waals surface area contributed by atoms with Crippen molar-refractivity contribution in [2.45, 2.75) is 50.1 Å². The van der Waals surface area contributed by atoms with E-state index in [-0.39, 0.29) is 0 Å². The Morgan fingerprint density at radius 3 is 2.06 bits per heavy atom. The molecule has 5 nitrogen and oxygen atoms in total. The van der Waals surface area contributed by atoms with Crippen molar-refractivity contribution >= 4 is 0 Å². The summed E-state index contributed by atoms with van der Waals surface area (Å²) in [6, 6.07) is 0. The van der Waals surface area contributed by atoms with Crippen molar-refractivity contribution in [3.8, 4) is 0 Å². The van der Waals surface area contributed by atoms with Crippen LogP contribution in [0.5, 0.6) is 0 Å². The van der Waals surface area contributed by atoms with Crippen molar-refractivity contribution in [2.75, 3.05) is 26.7 Å². The number of methoxy groups -OCH3 is 1. The van der Waals surface area contributed by atoms with Crippen molar-refractivity contribution in [3.63, 3.8) is 0 Å². The third-order valence-corrected chi connectivity index (χ3v) is 4.32. The quantitative estimate of drug-likeness (QED) is 0.642. The van der Waals surface area contributed by atoms with Crippen LogP contribution < -0.4 is 0 Å². The van der Waals surface area contributed by atoms with E-state index in [0.717, 1.165) is 32.2 Å².